The summed E-state index contributed by atoms with van der Waals surface area (Å²) >= 11 is 0. The molecular formula is C17H19N3O. The van der Waals surface area contributed by atoms with Gasteiger partial charge in [-0.25, -0.2) is 4.98 Å². The lowest BCUT2D eigenvalue weighted by molar-refractivity contribution is 0.102. The summed E-state index contributed by atoms with van der Waals surface area (Å²) in [6.45, 7) is 4.03. The van der Waals surface area contributed by atoms with Crippen molar-refractivity contribution in [2.24, 2.45) is 0 Å². The van der Waals surface area contributed by atoms with Gasteiger partial charge in [-0.05, 0) is 50.5 Å². The summed E-state index contributed by atoms with van der Waals surface area (Å²) in [5.74, 6) is 0.542. The van der Waals surface area contributed by atoms with Gasteiger partial charge < -0.3 is 10.6 Å². The SMILES string of the molecule is Cc1ccc(NC(=O)c2cccnc2NC2CC2)c(C)c1. The summed E-state index contributed by atoms with van der Waals surface area (Å²) < 4.78 is 0. The van der Waals surface area contributed by atoms with E-state index in [2.05, 4.69) is 21.7 Å². The van der Waals surface area contributed by atoms with Gasteiger partial charge in [-0.15, -0.1) is 0 Å². The highest BCUT2D eigenvalue weighted by Crippen LogP contribution is 2.26. The Morgan fingerprint density at radius 3 is 2.76 bits per heavy atom. The van der Waals surface area contributed by atoms with Crippen LogP contribution in [0.4, 0.5) is 11.5 Å². The lowest BCUT2D eigenvalue weighted by Crippen LogP contribution is -2.17. The van der Waals surface area contributed by atoms with Gasteiger partial charge in [0.05, 0.1) is 5.56 Å². The minimum atomic E-state index is -0.127. The topological polar surface area (TPSA) is 54.0 Å². The number of pyridine rings is 1. The standard InChI is InChI=1S/C17H19N3O/c1-11-5-8-15(12(2)10-11)20-17(21)14-4-3-9-18-16(14)19-13-6-7-13/h3-5,8-10,13H,6-7H2,1-2H3,(H,18,19)(H,20,21). The van der Waals surface area contributed by atoms with Crippen LogP contribution in [0.5, 0.6) is 0 Å². The normalized spacial score (nSPS) is 13.8. The lowest BCUT2D eigenvalue weighted by Gasteiger charge is -2.12. The van der Waals surface area contributed by atoms with Crippen LogP contribution in [0.2, 0.25) is 0 Å². The van der Waals surface area contributed by atoms with E-state index in [4.69, 9.17) is 0 Å². The van der Waals surface area contributed by atoms with E-state index in [0.29, 0.717) is 17.4 Å². The monoisotopic (exact) mass is 281 g/mol. The number of nitrogens with one attached hydrogen (secondary N) is 2. The Bertz CT molecular complexity index is 677. The van der Waals surface area contributed by atoms with E-state index in [9.17, 15) is 4.79 Å². The first-order chi connectivity index (χ1) is 10.1. The number of aromatic nitrogens is 1. The van der Waals surface area contributed by atoms with Crippen molar-refractivity contribution in [2.45, 2.75) is 32.7 Å². The van der Waals surface area contributed by atoms with Crippen LogP contribution in [0, 0.1) is 13.8 Å². The zero-order chi connectivity index (χ0) is 14.8. The van der Waals surface area contributed by atoms with E-state index in [1.807, 2.05) is 26.0 Å². The molecule has 0 unspecified atom stereocenters. The molecule has 1 aliphatic rings. The fraction of sp³-hybridized carbons (Fsp3) is 0.294. The molecule has 1 aliphatic carbocycles. The Balaban J connectivity index is 1.81. The predicted molar refractivity (Wildman–Crippen MR) is 84.8 cm³/mol. The number of amides is 1. The number of carbonyl (C=O) groups is 1. The molecule has 3 rings (SSSR count). The molecule has 1 heterocycles. The Kier molecular flexibility index (Phi) is 3.60. The zero-order valence-electron chi connectivity index (χ0n) is 12.3. The number of benzene rings is 1. The van der Waals surface area contributed by atoms with Gasteiger partial charge in [0.1, 0.15) is 5.82 Å². The second-order valence-corrected chi connectivity index (χ2v) is 5.59. The van der Waals surface area contributed by atoms with Gasteiger partial charge >= 0.3 is 0 Å². The van der Waals surface area contributed by atoms with Crippen molar-refractivity contribution >= 4 is 17.4 Å². The molecule has 0 bridgehead atoms. The Hall–Kier alpha value is -2.36. The maximum Gasteiger partial charge on any atom is 0.259 e. The molecule has 0 spiro atoms. The van der Waals surface area contributed by atoms with Crippen LogP contribution in [-0.4, -0.2) is 16.9 Å². The number of nitrogens with zero attached hydrogens (tertiary/aromatic N) is 1. The van der Waals surface area contributed by atoms with Gasteiger partial charge in [0.15, 0.2) is 0 Å². The van der Waals surface area contributed by atoms with E-state index >= 15 is 0 Å². The van der Waals surface area contributed by atoms with Crippen molar-refractivity contribution in [3.63, 3.8) is 0 Å². The molecule has 1 amide bonds. The van der Waals surface area contributed by atoms with E-state index in [1.165, 1.54) is 5.56 Å². The average Bonchev–Trinajstić information content (AvgIpc) is 3.26. The van der Waals surface area contributed by atoms with Crippen molar-refractivity contribution in [1.29, 1.82) is 0 Å². The molecule has 21 heavy (non-hydrogen) atoms. The van der Waals surface area contributed by atoms with E-state index in [1.54, 1.807) is 18.3 Å². The minimum Gasteiger partial charge on any atom is -0.367 e. The highest BCUT2D eigenvalue weighted by molar-refractivity contribution is 6.07. The van der Waals surface area contributed by atoms with E-state index < -0.39 is 0 Å². The predicted octanol–water partition coefficient (Wildman–Crippen LogP) is 3.53. The maximum atomic E-state index is 12.5. The summed E-state index contributed by atoms with van der Waals surface area (Å²) in [5, 5.41) is 6.27. The number of anilines is 2. The smallest absolute Gasteiger partial charge is 0.259 e. The fourth-order valence-electron chi connectivity index (χ4n) is 2.27. The number of rotatable bonds is 4. The van der Waals surface area contributed by atoms with Crippen molar-refractivity contribution in [2.75, 3.05) is 10.6 Å². The van der Waals surface area contributed by atoms with Crippen molar-refractivity contribution in [1.82, 2.24) is 4.98 Å². The molecule has 0 radical (unpaired) electrons. The first-order valence-electron chi connectivity index (χ1n) is 7.23. The van der Waals surface area contributed by atoms with E-state index in [0.717, 1.165) is 24.1 Å². The Morgan fingerprint density at radius 1 is 1.24 bits per heavy atom. The highest BCUT2D eigenvalue weighted by Gasteiger charge is 2.23. The molecule has 1 aromatic heterocycles. The van der Waals surface area contributed by atoms with Crippen molar-refractivity contribution in [3.05, 3.63) is 53.2 Å². The summed E-state index contributed by atoms with van der Waals surface area (Å²) in [7, 11) is 0. The van der Waals surface area contributed by atoms with Gasteiger partial charge in [-0.2, -0.15) is 0 Å². The minimum absolute atomic E-state index is 0.127. The molecule has 0 saturated heterocycles. The number of hydrogen-bond donors (Lipinski definition) is 2. The molecule has 2 aromatic rings. The molecule has 0 aliphatic heterocycles. The third-order valence-electron chi connectivity index (χ3n) is 3.60. The second kappa shape index (κ2) is 5.56. The zero-order valence-corrected chi connectivity index (χ0v) is 12.3. The third-order valence-corrected chi connectivity index (χ3v) is 3.60. The average molecular weight is 281 g/mol. The van der Waals surface area contributed by atoms with E-state index in [-0.39, 0.29) is 5.91 Å². The molecule has 2 N–H and O–H groups in total. The molecule has 4 nitrogen and oxygen atoms in total. The fourth-order valence-corrected chi connectivity index (χ4v) is 2.27. The Labute approximate surface area is 124 Å². The molecule has 108 valence electrons. The van der Waals surface area contributed by atoms with Gasteiger partial charge in [0.25, 0.3) is 5.91 Å². The maximum absolute atomic E-state index is 12.5. The van der Waals surface area contributed by atoms with Crippen LogP contribution in [0.1, 0.15) is 34.3 Å². The lowest BCUT2D eigenvalue weighted by atomic mass is 10.1. The molecule has 4 heteroatoms. The summed E-state index contributed by atoms with van der Waals surface area (Å²) in [4.78, 5) is 16.8. The molecule has 1 aromatic carbocycles. The first-order valence-corrected chi connectivity index (χ1v) is 7.23. The van der Waals surface area contributed by atoms with Crippen LogP contribution in [0.15, 0.2) is 36.5 Å². The quantitative estimate of drug-likeness (QED) is 0.901. The summed E-state index contributed by atoms with van der Waals surface area (Å²) in [6, 6.07) is 10.0. The van der Waals surface area contributed by atoms with Crippen LogP contribution in [-0.2, 0) is 0 Å². The first kappa shape index (κ1) is 13.6. The molecule has 0 atom stereocenters. The highest BCUT2D eigenvalue weighted by atomic mass is 16.1. The summed E-state index contributed by atoms with van der Waals surface area (Å²) in [5.41, 5.74) is 3.67. The number of hydrogen-bond acceptors (Lipinski definition) is 3. The second-order valence-electron chi connectivity index (χ2n) is 5.59. The van der Waals surface area contributed by atoms with Crippen LogP contribution >= 0.6 is 0 Å². The van der Waals surface area contributed by atoms with Crippen LogP contribution in [0.3, 0.4) is 0 Å². The number of aryl methyl sites for hydroxylation is 2. The van der Waals surface area contributed by atoms with Crippen LogP contribution < -0.4 is 10.6 Å². The molecule has 1 saturated carbocycles. The van der Waals surface area contributed by atoms with Crippen molar-refractivity contribution < 1.29 is 4.79 Å². The summed E-state index contributed by atoms with van der Waals surface area (Å²) in [6.07, 6.45) is 4.00. The van der Waals surface area contributed by atoms with Gasteiger partial charge in [0, 0.05) is 17.9 Å². The van der Waals surface area contributed by atoms with Gasteiger partial charge in [0.2, 0.25) is 0 Å². The number of carbonyl (C=O) groups excluding carboxylic acids is 1. The third kappa shape index (κ3) is 3.21. The molecular weight excluding hydrogens is 262 g/mol. The Morgan fingerprint density at radius 2 is 2.05 bits per heavy atom. The van der Waals surface area contributed by atoms with Crippen LogP contribution in [0.25, 0.3) is 0 Å². The largest absolute Gasteiger partial charge is 0.367 e. The molecule has 1 fully saturated rings. The van der Waals surface area contributed by atoms with Gasteiger partial charge in [-0.3, -0.25) is 4.79 Å². The van der Waals surface area contributed by atoms with Crippen molar-refractivity contribution in [3.8, 4) is 0 Å². The van der Waals surface area contributed by atoms with Gasteiger partial charge in [-0.1, -0.05) is 17.7 Å².